The van der Waals surface area contributed by atoms with E-state index in [2.05, 4.69) is 33.6 Å². The van der Waals surface area contributed by atoms with E-state index < -0.39 is 47.9 Å². The van der Waals surface area contributed by atoms with Crippen molar-refractivity contribution in [2.75, 3.05) is 5.75 Å². The molecule has 214 valence electrons. The normalized spacial score (nSPS) is 14.2. The number of nitrogens with two attached hydrogens (primary N) is 1. The second kappa shape index (κ2) is 14.5. The molecular weight excluding hydrogens is 530 g/mol. The highest BCUT2D eigenvalue weighted by atomic mass is 32.1. The highest BCUT2D eigenvalue weighted by Crippen LogP contribution is 2.19. The number of hydrogen-bond acceptors (Lipinski definition) is 6. The average molecular weight is 568 g/mol. The smallest absolute Gasteiger partial charge is 0.326 e. The SMILES string of the molecule is CC(C)CC(NC(=O)C(CS)NC(=O)C(N)Cc1c[nH]c2ccccc12)C(=O)NC(Cc1ccccc1)C(=O)O. The van der Waals surface area contributed by atoms with E-state index in [0.717, 1.165) is 22.0 Å². The highest BCUT2D eigenvalue weighted by molar-refractivity contribution is 7.80. The number of carboxylic acid groups (broad SMARTS) is 1. The van der Waals surface area contributed by atoms with Gasteiger partial charge in [0.25, 0.3) is 0 Å². The Kier molecular flexibility index (Phi) is 11.2. The molecule has 0 radical (unpaired) electrons. The van der Waals surface area contributed by atoms with Crippen LogP contribution in [0.4, 0.5) is 0 Å². The van der Waals surface area contributed by atoms with E-state index in [1.165, 1.54) is 0 Å². The molecule has 3 amide bonds. The van der Waals surface area contributed by atoms with E-state index in [1.54, 1.807) is 30.5 Å². The lowest BCUT2D eigenvalue weighted by Gasteiger charge is -2.25. The first-order valence-corrected chi connectivity index (χ1v) is 13.8. The Labute approximate surface area is 238 Å². The largest absolute Gasteiger partial charge is 0.480 e. The van der Waals surface area contributed by atoms with Crippen molar-refractivity contribution in [2.24, 2.45) is 11.7 Å². The van der Waals surface area contributed by atoms with E-state index in [-0.39, 0.29) is 30.9 Å². The molecule has 3 rings (SSSR count). The lowest BCUT2D eigenvalue weighted by Crippen LogP contribution is -2.58. The van der Waals surface area contributed by atoms with Gasteiger partial charge in [0.2, 0.25) is 17.7 Å². The fourth-order valence-electron chi connectivity index (χ4n) is 4.40. The van der Waals surface area contributed by atoms with Crippen molar-refractivity contribution in [1.29, 1.82) is 0 Å². The van der Waals surface area contributed by atoms with Crippen LogP contribution in [0.2, 0.25) is 0 Å². The number of benzene rings is 2. The lowest BCUT2D eigenvalue weighted by atomic mass is 10.0. The number of carbonyl (C=O) groups excluding carboxylic acids is 3. The predicted octanol–water partition coefficient (Wildman–Crippen LogP) is 1.80. The third-order valence-corrected chi connectivity index (χ3v) is 6.87. The van der Waals surface area contributed by atoms with E-state index in [0.29, 0.717) is 0 Å². The molecule has 3 aromatic rings. The molecule has 0 aliphatic rings. The van der Waals surface area contributed by atoms with Gasteiger partial charge < -0.3 is 31.8 Å². The van der Waals surface area contributed by atoms with Crippen molar-refractivity contribution in [2.45, 2.75) is 57.3 Å². The van der Waals surface area contributed by atoms with Gasteiger partial charge >= 0.3 is 5.97 Å². The van der Waals surface area contributed by atoms with Gasteiger partial charge in [0.15, 0.2) is 0 Å². The molecular formula is C29H37N5O5S. The molecule has 0 aliphatic carbocycles. The molecule has 2 aromatic carbocycles. The number of thiol groups is 1. The lowest BCUT2D eigenvalue weighted by molar-refractivity contribution is -0.142. The van der Waals surface area contributed by atoms with Gasteiger partial charge in [0.1, 0.15) is 18.1 Å². The third-order valence-electron chi connectivity index (χ3n) is 6.50. The first kappa shape index (κ1) is 30.7. The van der Waals surface area contributed by atoms with Crippen LogP contribution in [-0.4, -0.2) is 63.7 Å². The van der Waals surface area contributed by atoms with Gasteiger partial charge in [-0.2, -0.15) is 12.6 Å². The van der Waals surface area contributed by atoms with Crippen molar-refractivity contribution in [3.8, 4) is 0 Å². The molecule has 11 heteroatoms. The summed E-state index contributed by atoms with van der Waals surface area (Å²) < 4.78 is 0. The Hall–Kier alpha value is -3.83. The molecule has 10 nitrogen and oxygen atoms in total. The zero-order chi connectivity index (χ0) is 29.2. The molecule has 0 fully saturated rings. The molecule has 40 heavy (non-hydrogen) atoms. The van der Waals surface area contributed by atoms with E-state index >= 15 is 0 Å². The number of aromatic nitrogens is 1. The maximum atomic E-state index is 13.1. The number of para-hydroxylation sites is 1. The van der Waals surface area contributed by atoms with Crippen molar-refractivity contribution in [3.05, 3.63) is 71.9 Å². The fourth-order valence-corrected chi connectivity index (χ4v) is 4.66. The number of aliphatic carboxylic acids is 1. The number of carboxylic acids is 1. The third kappa shape index (κ3) is 8.59. The van der Waals surface area contributed by atoms with Crippen LogP contribution >= 0.6 is 12.6 Å². The Morgan fingerprint density at radius 3 is 2.10 bits per heavy atom. The summed E-state index contributed by atoms with van der Waals surface area (Å²) in [6.07, 6.45) is 2.42. The number of rotatable bonds is 14. The van der Waals surface area contributed by atoms with Crippen LogP contribution in [0.3, 0.4) is 0 Å². The number of hydrogen-bond donors (Lipinski definition) is 7. The Morgan fingerprint density at radius 1 is 0.850 bits per heavy atom. The monoisotopic (exact) mass is 567 g/mol. The summed E-state index contributed by atoms with van der Waals surface area (Å²) in [5.74, 6) is -2.96. The zero-order valence-electron chi connectivity index (χ0n) is 22.6. The summed E-state index contributed by atoms with van der Waals surface area (Å²) in [5.41, 5.74) is 8.72. The summed E-state index contributed by atoms with van der Waals surface area (Å²) >= 11 is 4.22. The van der Waals surface area contributed by atoms with Gasteiger partial charge in [-0.25, -0.2) is 4.79 Å². The maximum absolute atomic E-state index is 13.1. The number of H-pyrrole nitrogens is 1. The minimum absolute atomic E-state index is 0.0158. The summed E-state index contributed by atoms with van der Waals surface area (Å²) in [4.78, 5) is 54.1. The van der Waals surface area contributed by atoms with E-state index in [4.69, 9.17) is 5.73 Å². The van der Waals surface area contributed by atoms with Crippen LogP contribution in [0.25, 0.3) is 10.9 Å². The Balaban J connectivity index is 1.63. The summed E-state index contributed by atoms with van der Waals surface area (Å²) in [6.45, 7) is 3.76. The highest BCUT2D eigenvalue weighted by Gasteiger charge is 2.30. The maximum Gasteiger partial charge on any atom is 0.326 e. The Morgan fingerprint density at radius 2 is 1.45 bits per heavy atom. The number of carbonyl (C=O) groups is 4. The molecule has 0 saturated heterocycles. The van der Waals surface area contributed by atoms with Crippen LogP contribution in [0.5, 0.6) is 0 Å². The number of aromatic amines is 1. The van der Waals surface area contributed by atoms with Crippen LogP contribution in [0, 0.1) is 5.92 Å². The summed E-state index contributed by atoms with van der Waals surface area (Å²) in [6, 6.07) is 12.5. The molecule has 0 spiro atoms. The topological polar surface area (TPSA) is 166 Å². The van der Waals surface area contributed by atoms with Crippen LogP contribution in [0.1, 0.15) is 31.4 Å². The Bertz CT molecular complexity index is 1310. The van der Waals surface area contributed by atoms with Gasteiger partial charge in [-0.05, 0) is 36.0 Å². The van der Waals surface area contributed by atoms with Gasteiger partial charge in [0.05, 0.1) is 6.04 Å². The quantitative estimate of drug-likeness (QED) is 0.147. The molecule has 0 bridgehead atoms. The van der Waals surface area contributed by atoms with Gasteiger partial charge in [-0.1, -0.05) is 62.4 Å². The number of amides is 3. The van der Waals surface area contributed by atoms with Crippen molar-refractivity contribution in [1.82, 2.24) is 20.9 Å². The van der Waals surface area contributed by atoms with Crippen LogP contribution < -0.4 is 21.7 Å². The molecule has 4 atom stereocenters. The van der Waals surface area contributed by atoms with Gasteiger partial charge in [-0.3, -0.25) is 14.4 Å². The summed E-state index contributed by atoms with van der Waals surface area (Å²) in [5, 5.41) is 18.5. The molecule has 1 aromatic heterocycles. The van der Waals surface area contributed by atoms with Crippen molar-refractivity contribution < 1.29 is 24.3 Å². The predicted molar refractivity (Wildman–Crippen MR) is 157 cm³/mol. The first-order valence-electron chi connectivity index (χ1n) is 13.2. The molecule has 0 aliphatic heterocycles. The van der Waals surface area contributed by atoms with Gasteiger partial charge in [-0.15, -0.1) is 0 Å². The van der Waals surface area contributed by atoms with Crippen LogP contribution in [0.15, 0.2) is 60.8 Å². The summed E-state index contributed by atoms with van der Waals surface area (Å²) in [7, 11) is 0. The standard InChI is InChI=1S/C29H37N5O5S/c1-17(2)12-23(27(36)33-24(29(38)39)13-18-8-4-3-5-9-18)32-28(37)25(16-40)34-26(35)21(30)14-19-15-31-22-11-7-6-10-20(19)22/h3-11,15,17,21,23-25,31,40H,12-14,16,30H2,1-2H3,(H,32,37)(H,33,36)(H,34,35)(H,38,39). The zero-order valence-corrected chi connectivity index (χ0v) is 23.5. The minimum atomic E-state index is -1.18. The molecule has 7 N–H and O–H groups in total. The fraction of sp³-hybridized carbons (Fsp3) is 0.379. The molecule has 0 saturated carbocycles. The van der Waals surface area contributed by atoms with Gasteiger partial charge in [0, 0.05) is 29.3 Å². The number of nitrogens with one attached hydrogen (secondary N) is 4. The van der Waals surface area contributed by atoms with Crippen molar-refractivity contribution >= 4 is 47.2 Å². The first-order chi connectivity index (χ1) is 19.1. The minimum Gasteiger partial charge on any atom is -0.480 e. The van der Waals surface area contributed by atoms with Crippen molar-refractivity contribution in [3.63, 3.8) is 0 Å². The number of fused-ring (bicyclic) bond motifs is 1. The van der Waals surface area contributed by atoms with Crippen LogP contribution in [-0.2, 0) is 32.0 Å². The second-order valence-electron chi connectivity index (χ2n) is 10.2. The molecule has 1 heterocycles. The second-order valence-corrected chi connectivity index (χ2v) is 10.6. The molecule has 4 unspecified atom stereocenters. The van der Waals surface area contributed by atoms with E-state index in [1.807, 2.05) is 44.2 Å². The average Bonchev–Trinajstić information content (AvgIpc) is 3.33. The van der Waals surface area contributed by atoms with E-state index in [9.17, 15) is 24.3 Å².